The molecule has 59 heavy (non-hydrogen) atoms. The van der Waals surface area contributed by atoms with E-state index in [0.29, 0.717) is 0 Å². The lowest BCUT2D eigenvalue weighted by Gasteiger charge is -2.28. The minimum atomic E-state index is 0.861. The van der Waals surface area contributed by atoms with Gasteiger partial charge in [-0.05, 0) is 87.4 Å². The van der Waals surface area contributed by atoms with E-state index in [1.54, 1.807) is 0 Å². The molecule has 12 rings (SSSR count). The van der Waals surface area contributed by atoms with Crippen molar-refractivity contribution in [2.45, 2.75) is 0 Å². The summed E-state index contributed by atoms with van der Waals surface area (Å²) in [4.78, 5) is 2.47. The molecule has 0 N–H and O–H groups in total. The lowest BCUT2D eigenvalue weighted by molar-refractivity contribution is 0.670. The van der Waals surface area contributed by atoms with Crippen molar-refractivity contribution in [2.24, 2.45) is 0 Å². The van der Waals surface area contributed by atoms with Crippen molar-refractivity contribution in [3.63, 3.8) is 0 Å². The topological polar surface area (TPSA) is 21.3 Å². The molecule has 0 saturated heterocycles. The molecule has 0 spiro atoms. The fourth-order valence-electron chi connectivity index (χ4n) is 9.28. The van der Waals surface area contributed by atoms with Gasteiger partial charge in [0.1, 0.15) is 11.2 Å². The first-order chi connectivity index (χ1) is 29.3. The zero-order valence-corrected chi connectivity index (χ0v) is 32.1. The Bertz CT molecular complexity index is 3540. The summed E-state index contributed by atoms with van der Waals surface area (Å²) in [6.45, 7) is 0. The predicted octanol–water partition coefficient (Wildman–Crippen LogP) is 15.8. The molecule has 3 heteroatoms. The number of hydrogen-bond acceptors (Lipinski definition) is 2. The van der Waals surface area contributed by atoms with Crippen molar-refractivity contribution in [3.05, 3.63) is 218 Å². The number of para-hydroxylation sites is 3. The first-order valence-corrected chi connectivity index (χ1v) is 20.2. The number of aromatic nitrogens is 1. The summed E-state index contributed by atoms with van der Waals surface area (Å²) in [5, 5.41) is 9.41. The number of furan rings is 1. The van der Waals surface area contributed by atoms with Crippen LogP contribution in [0.5, 0.6) is 0 Å². The molecule has 0 saturated carbocycles. The summed E-state index contributed by atoms with van der Waals surface area (Å²) in [5.41, 5.74) is 12.9. The van der Waals surface area contributed by atoms with E-state index in [1.165, 1.54) is 49.0 Å². The molecule has 0 unspecified atom stereocenters. The molecule has 0 fully saturated rings. The van der Waals surface area contributed by atoms with Gasteiger partial charge in [0, 0.05) is 38.5 Å². The van der Waals surface area contributed by atoms with Gasteiger partial charge in [0.25, 0.3) is 0 Å². The molecule has 0 atom stereocenters. The van der Waals surface area contributed by atoms with Crippen LogP contribution in [0.25, 0.3) is 93.2 Å². The van der Waals surface area contributed by atoms with Gasteiger partial charge in [0.15, 0.2) is 0 Å². The van der Waals surface area contributed by atoms with Crippen LogP contribution in [0.15, 0.2) is 223 Å². The molecule has 0 radical (unpaired) electrons. The number of hydrogen-bond donors (Lipinski definition) is 0. The van der Waals surface area contributed by atoms with E-state index < -0.39 is 0 Å². The summed E-state index contributed by atoms with van der Waals surface area (Å²) in [6.07, 6.45) is 0. The van der Waals surface area contributed by atoms with Gasteiger partial charge in [0.2, 0.25) is 0 Å². The Morgan fingerprint density at radius 2 is 1.00 bits per heavy atom. The fourth-order valence-corrected chi connectivity index (χ4v) is 9.28. The van der Waals surface area contributed by atoms with Crippen LogP contribution < -0.4 is 4.90 Å². The smallest absolute Gasteiger partial charge is 0.145 e. The van der Waals surface area contributed by atoms with Gasteiger partial charge in [0.05, 0.1) is 27.8 Å². The maximum absolute atomic E-state index is 6.93. The second-order valence-corrected chi connectivity index (χ2v) is 15.3. The van der Waals surface area contributed by atoms with Crippen LogP contribution in [0.1, 0.15) is 0 Å². The summed E-state index contributed by atoms with van der Waals surface area (Å²) in [5.74, 6) is 0. The Hall–Kier alpha value is -7.88. The lowest BCUT2D eigenvalue weighted by atomic mass is 9.96. The first-order valence-electron chi connectivity index (χ1n) is 20.2. The van der Waals surface area contributed by atoms with Gasteiger partial charge in [-0.3, -0.25) is 0 Å². The third-order valence-electron chi connectivity index (χ3n) is 12.0. The molecule has 10 aromatic carbocycles. The van der Waals surface area contributed by atoms with E-state index in [9.17, 15) is 0 Å². The van der Waals surface area contributed by atoms with Crippen LogP contribution in [0.3, 0.4) is 0 Å². The van der Waals surface area contributed by atoms with Crippen LogP contribution in [-0.2, 0) is 0 Å². The van der Waals surface area contributed by atoms with Crippen molar-refractivity contribution < 1.29 is 4.42 Å². The summed E-state index contributed by atoms with van der Waals surface area (Å²) in [7, 11) is 0. The molecule has 0 aliphatic heterocycles. The zero-order chi connectivity index (χ0) is 38.9. The maximum Gasteiger partial charge on any atom is 0.145 e. The normalized spacial score (nSPS) is 11.7. The average molecular weight is 753 g/mol. The second-order valence-electron chi connectivity index (χ2n) is 15.3. The summed E-state index contributed by atoms with van der Waals surface area (Å²) in [6, 6.07) is 78.7. The third kappa shape index (κ3) is 5.29. The number of fused-ring (bicyclic) bond motifs is 9. The average Bonchev–Trinajstić information content (AvgIpc) is 3.86. The quantitative estimate of drug-likeness (QED) is 0.158. The number of nitrogens with zero attached hydrogens (tertiary/aromatic N) is 2. The van der Waals surface area contributed by atoms with Crippen LogP contribution in [0.4, 0.5) is 17.1 Å². The Labute approximate surface area is 341 Å². The Balaban J connectivity index is 1.17. The van der Waals surface area contributed by atoms with Crippen LogP contribution in [0, 0.1) is 0 Å². The highest BCUT2D eigenvalue weighted by atomic mass is 16.3. The predicted molar refractivity (Wildman–Crippen MR) is 249 cm³/mol. The van der Waals surface area contributed by atoms with Crippen LogP contribution in [0.2, 0.25) is 0 Å². The van der Waals surface area contributed by atoms with E-state index >= 15 is 0 Å². The Kier molecular flexibility index (Phi) is 7.54. The Morgan fingerprint density at radius 1 is 0.373 bits per heavy atom. The van der Waals surface area contributed by atoms with Crippen molar-refractivity contribution in [1.82, 2.24) is 4.57 Å². The molecule has 276 valence electrons. The first kappa shape index (κ1) is 33.3. The van der Waals surface area contributed by atoms with E-state index in [2.05, 4.69) is 228 Å². The van der Waals surface area contributed by atoms with Crippen molar-refractivity contribution in [2.75, 3.05) is 4.90 Å². The largest absolute Gasteiger partial charge is 0.455 e. The standard InChI is InChI=1S/C56H36N2O/c1-3-14-37(15-4-1)38-26-28-40(29-27-38)45-34-35-51(55-48-22-10-12-25-53(48)59-56(45)55)58(50-24-13-17-41-31-30-39-16-7-8-20-44(39)54(41)50)43-32-33-47-46-21-9-11-23-49(46)57(52(47)36-43)42-18-5-2-6-19-42/h1-36H. The van der Waals surface area contributed by atoms with Gasteiger partial charge >= 0.3 is 0 Å². The minimum absolute atomic E-state index is 0.861. The van der Waals surface area contributed by atoms with Gasteiger partial charge in [-0.25, -0.2) is 0 Å². The molecule has 3 nitrogen and oxygen atoms in total. The number of anilines is 3. The molecule has 2 heterocycles. The van der Waals surface area contributed by atoms with Gasteiger partial charge in [-0.15, -0.1) is 0 Å². The molecule has 12 aromatic rings. The molecular formula is C56H36N2O. The minimum Gasteiger partial charge on any atom is -0.455 e. The highest BCUT2D eigenvalue weighted by Gasteiger charge is 2.25. The fraction of sp³-hybridized carbons (Fsp3) is 0. The van der Waals surface area contributed by atoms with E-state index in [1.807, 2.05) is 0 Å². The zero-order valence-electron chi connectivity index (χ0n) is 32.1. The molecule has 0 aliphatic carbocycles. The van der Waals surface area contributed by atoms with Gasteiger partial charge in [-0.2, -0.15) is 0 Å². The summed E-state index contributed by atoms with van der Waals surface area (Å²) >= 11 is 0. The molecule has 0 bridgehead atoms. The van der Waals surface area contributed by atoms with Crippen molar-refractivity contribution >= 4 is 82.4 Å². The number of rotatable bonds is 6. The highest BCUT2D eigenvalue weighted by Crippen LogP contribution is 2.49. The van der Waals surface area contributed by atoms with Crippen LogP contribution in [-0.4, -0.2) is 4.57 Å². The van der Waals surface area contributed by atoms with Crippen LogP contribution >= 0.6 is 0 Å². The van der Waals surface area contributed by atoms with E-state index in [0.717, 1.165) is 61.3 Å². The molecule has 0 amide bonds. The SMILES string of the molecule is c1ccc(-c2ccc(-c3ccc(N(c4ccc5c6ccccc6n(-c6ccccc6)c5c4)c4cccc5ccc6ccccc6c45)c4c3oc3ccccc34)cc2)cc1. The van der Waals surface area contributed by atoms with Crippen molar-refractivity contribution in [1.29, 1.82) is 0 Å². The Morgan fingerprint density at radius 3 is 1.85 bits per heavy atom. The van der Waals surface area contributed by atoms with Gasteiger partial charge in [-0.1, -0.05) is 164 Å². The third-order valence-corrected chi connectivity index (χ3v) is 12.0. The molecule has 0 aliphatic rings. The highest BCUT2D eigenvalue weighted by molar-refractivity contribution is 6.21. The summed E-state index contributed by atoms with van der Waals surface area (Å²) < 4.78 is 9.33. The van der Waals surface area contributed by atoms with E-state index in [4.69, 9.17) is 4.42 Å². The van der Waals surface area contributed by atoms with Crippen molar-refractivity contribution in [3.8, 4) is 27.9 Å². The van der Waals surface area contributed by atoms with Gasteiger partial charge < -0.3 is 13.9 Å². The lowest BCUT2D eigenvalue weighted by Crippen LogP contribution is -2.11. The molecular weight excluding hydrogens is 717 g/mol. The number of benzene rings is 10. The molecule has 2 aromatic heterocycles. The van der Waals surface area contributed by atoms with E-state index in [-0.39, 0.29) is 0 Å². The monoisotopic (exact) mass is 752 g/mol. The maximum atomic E-state index is 6.93. The second kappa shape index (κ2) is 13.4.